The molecule has 0 saturated heterocycles. The normalized spacial score (nSPS) is 11.0. The number of rotatable bonds is 7. The zero-order chi connectivity index (χ0) is 21.7. The summed E-state index contributed by atoms with van der Waals surface area (Å²) in [5.41, 5.74) is 1.07. The van der Waals surface area contributed by atoms with E-state index in [0.29, 0.717) is 11.3 Å². The molecular formula is C22H19FN2O4S. The smallest absolute Gasteiger partial charge is 0.264 e. The molecule has 0 spiro atoms. The summed E-state index contributed by atoms with van der Waals surface area (Å²) >= 11 is 0. The van der Waals surface area contributed by atoms with Crippen LogP contribution in [0.3, 0.4) is 0 Å². The van der Waals surface area contributed by atoms with Crippen molar-refractivity contribution in [2.24, 2.45) is 0 Å². The van der Waals surface area contributed by atoms with E-state index in [-0.39, 0.29) is 16.4 Å². The number of anilines is 2. The van der Waals surface area contributed by atoms with Gasteiger partial charge in [0.15, 0.2) is 5.78 Å². The van der Waals surface area contributed by atoms with E-state index in [1.807, 2.05) is 0 Å². The minimum Gasteiger partial charge on any atom is -0.325 e. The van der Waals surface area contributed by atoms with Crippen molar-refractivity contribution in [3.8, 4) is 0 Å². The van der Waals surface area contributed by atoms with Crippen molar-refractivity contribution >= 4 is 33.1 Å². The summed E-state index contributed by atoms with van der Waals surface area (Å²) < 4.78 is 40.5. The number of carbonyl (C=O) groups excluding carboxylic acids is 2. The molecule has 0 aliphatic rings. The number of ketones is 1. The Morgan fingerprint density at radius 2 is 1.50 bits per heavy atom. The molecule has 0 saturated carbocycles. The second-order valence-electron chi connectivity index (χ2n) is 6.48. The highest BCUT2D eigenvalue weighted by Gasteiger charge is 2.27. The van der Waals surface area contributed by atoms with E-state index in [4.69, 9.17) is 0 Å². The number of nitrogens with zero attached hydrogens (tertiary/aromatic N) is 1. The molecular weight excluding hydrogens is 407 g/mol. The molecule has 0 aliphatic heterocycles. The van der Waals surface area contributed by atoms with Crippen LogP contribution in [-0.2, 0) is 14.8 Å². The Morgan fingerprint density at radius 3 is 2.07 bits per heavy atom. The third-order valence-corrected chi connectivity index (χ3v) is 6.10. The largest absolute Gasteiger partial charge is 0.325 e. The van der Waals surface area contributed by atoms with Gasteiger partial charge in [-0.2, -0.15) is 0 Å². The zero-order valence-corrected chi connectivity index (χ0v) is 16.9. The van der Waals surface area contributed by atoms with Crippen molar-refractivity contribution in [1.29, 1.82) is 0 Å². The second-order valence-corrected chi connectivity index (χ2v) is 8.35. The summed E-state index contributed by atoms with van der Waals surface area (Å²) in [6.07, 6.45) is 0. The Morgan fingerprint density at radius 1 is 0.900 bits per heavy atom. The summed E-state index contributed by atoms with van der Waals surface area (Å²) in [7, 11) is -4.07. The maximum absolute atomic E-state index is 13.3. The van der Waals surface area contributed by atoms with Crippen LogP contribution >= 0.6 is 0 Å². The molecule has 3 aromatic rings. The van der Waals surface area contributed by atoms with E-state index in [0.717, 1.165) is 16.4 Å². The Bertz CT molecular complexity index is 1150. The summed E-state index contributed by atoms with van der Waals surface area (Å²) in [5.74, 6) is -1.22. The molecule has 154 valence electrons. The average Bonchev–Trinajstić information content (AvgIpc) is 2.74. The Kier molecular flexibility index (Phi) is 6.27. The molecule has 0 aliphatic carbocycles. The van der Waals surface area contributed by atoms with E-state index < -0.39 is 28.3 Å². The van der Waals surface area contributed by atoms with Crippen LogP contribution in [0.5, 0.6) is 0 Å². The highest BCUT2D eigenvalue weighted by Crippen LogP contribution is 2.24. The van der Waals surface area contributed by atoms with Crippen molar-refractivity contribution in [2.75, 3.05) is 16.2 Å². The molecule has 1 N–H and O–H groups in total. The van der Waals surface area contributed by atoms with Gasteiger partial charge >= 0.3 is 0 Å². The molecule has 0 radical (unpaired) electrons. The van der Waals surface area contributed by atoms with Crippen LogP contribution in [0.25, 0.3) is 0 Å². The van der Waals surface area contributed by atoms with Gasteiger partial charge in [0, 0.05) is 11.3 Å². The van der Waals surface area contributed by atoms with Gasteiger partial charge in [-0.25, -0.2) is 12.8 Å². The molecule has 0 bridgehead atoms. The van der Waals surface area contributed by atoms with Crippen LogP contribution in [-0.4, -0.2) is 26.7 Å². The van der Waals surface area contributed by atoms with Gasteiger partial charge in [-0.05, 0) is 67.6 Å². The highest BCUT2D eigenvalue weighted by atomic mass is 32.2. The van der Waals surface area contributed by atoms with Crippen molar-refractivity contribution in [2.45, 2.75) is 11.8 Å². The van der Waals surface area contributed by atoms with Gasteiger partial charge in [0.05, 0.1) is 10.6 Å². The Hall–Kier alpha value is -3.52. The molecule has 6 nitrogen and oxygen atoms in total. The molecule has 1 amide bonds. The lowest BCUT2D eigenvalue weighted by atomic mass is 10.1. The van der Waals surface area contributed by atoms with Gasteiger partial charge in [-0.15, -0.1) is 0 Å². The van der Waals surface area contributed by atoms with Crippen LogP contribution in [0.1, 0.15) is 17.3 Å². The molecule has 8 heteroatoms. The van der Waals surface area contributed by atoms with Gasteiger partial charge in [0.2, 0.25) is 5.91 Å². The number of benzene rings is 3. The Labute approximate surface area is 174 Å². The van der Waals surface area contributed by atoms with Crippen LogP contribution in [0.2, 0.25) is 0 Å². The minimum atomic E-state index is -4.07. The molecule has 3 aromatic carbocycles. The number of nitrogens with one attached hydrogen (secondary N) is 1. The van der Waals surface area contributed by atoms with Crippen LogP contribution in [0.15, 0.2) is 83.8 Å². The summed E-state index contributed by atoms with van der Waals surface area (Å²) in [6.45, 7) is 0.917. The van der Waals surface area contributed by atoms with Gasteiger partial charge < -0.3 is 5.32 Å². The lowest BCUT2D eigenvalue weighted by molar-refractivity contribution is -0.114. The third-order valence-electron chi connectivity index (χ3n) is 4.31. The summed E-state index contributed by atoms with van der Waals surface area (Å²) in [4.78, 5) is 24.0. The fourth-order valence-corrected chi connectivity index (χ4v) is 4.20. The highest BCUT2D eigenvalue weighted by molar-refractivity contribution is 7.92. The quantitative estimate of drug-likeness (QED) is 0.582. The molecule has 0 heterocycles. The SMILES string of the molecule is CC(=O)c1ccc(NC(=O)CN(c2ccc(F)cc2)S(=O)(=O)c2ccccc2)cc1. The van der Waals surface area contributed by atoms with Crippen LogP contribution < -0.4 is 9.62 Å². The van der Waals surface area contributed by atoms with Crippen molar-refractivity contribution < 1.29 is 22.4 Å². The van der Waals surface area contributed by atoms with E-state index in [1.165, 1.54) is 31.2 Å². The van der Waals surface area contributed by atoms with E-state index in [2.05, 4.69) is 5.32 Å². The first-order valence-electron chi connectivity index (χ1n) is 9.01. The lowest BCUT2D eigenvalue weighted by Gasteiger charge is -2.24. The maximum Gasteiger partial charge on any atom is 0.264 e. The first-order valence-corrected chi connectivity index (χ1v) is 10.5. The van der Waals surface area contributed by atoms with E-state index >= 15 is 0 Å². The van der Waals surface area contributed by atoms with Gasteiger partial charge in [-0.3, -0.25) is 13.9 Å². The monoisotopic (exact) mass is 426 g/mol. The van der Waals surface area contributed by atoms with Crippen LogP contribution in [0.4, 0.5) is 15.8 Å². The zero-order valence-electron chi connectivity index (χ0n) is 16.1. The number of sulfonamides is 1. The number of amides is 1. The van der Waals surface area contributed by atoms with Gasteiger partial charge in [0.1, 0.15) is 12.4 Å². The topological polar surface area (TPSA) is 83.6 Å². The molecule has 0 unspecified atom stereocenters. The third kappa shape index (κ3) is 4.90. The molecule has 0 fully saturated rings. The number of halogens is 1. The van der Waals surface area contributed by atoms with Gasteiger partial charge in [-0.1, -0.05) is 18.2 Å². The maximum atomic E-state index is 13.3. The molecule has 0 aromatic heterocycles. The molecule has 30 heavy (non-hydrogen) atoms. The summed E-state index contributed by atoms with van der Waals surface area (Å²) in [5, 5.41) is 2.61. The fourth-order valence-electron chi connectivity index (χ4n) is 2.76. The van der Waals surface area contributed by atoms with Crippen molar-refractivity contribution in [3.63, 3.8) is 0 Å². The fraction of sp³-hybridized carbons (Fsp3) is 0.0909. The van der Waals surface area contributed by atoms with E-state index in [1.54, 1.807) is 42.5 Å². The molecule has 0 atom stereocenters. The average molecular weight is 426 g/mol. The second kappa shape index (κ2) is 8.87. The number of Topliss-reactive ketones (excluding diaryl/α,β-unsaturated/α-hetero) is 1. The molecule has 3 rings (SSSR count). The summed E-state index contributed by atoms with van der Waals surface area (Å²) in [6, 6.07) is 18.8. The van der Waals surface area contributed by atoms with Crippen molar-refractivity contribution in [1.82, 2.24) is 0 Å². The van der Waals surface area contributed by atoms with Gasteiger partial charge in [0.25, 0.3) is 10.0 Å². The first kappa shape index (κ1) is 21.2. The van der Waals surface area contributed by atoms with Crippen LogP contribution in [0, 0.1) is 5.82 Å². The number of hydrogen-bond donors (Lipinski definition) is 1. The van der Waals surface area contributed by atoms with Crippen molar-refractivity contribution in [3.05, 3.63) is 90.2 Å². The standard InChI is InChI=1S/C22H19FN2O4S/c1-16(26)17-7-11-19(12-8-17)24-22(27)15-25(20-13-9-18(23)10-14-20)30(28,29)21-5-3-2-4-6-21/h2-14H,15H2,1H3,(H,24,27). The first-order chi connectivity index (χ1) is 14.3. The minimum absolute atomic E-state index is 0.00735. The predicted octanol–water partition coefficient (Wildman–Crippen LogP) is 3.86. The lowest BCUT2D eigenvalue weighted by Crippen LogP contribution is -2.38. The van der Waals surface area contributed by atoms with E-state index in [9.17, 15) is 22.4 Å². The Balaban J connectivity index is 1.88. The number of carbonyl (C=O) groups is 2. The predicted molar refractivity (Wildman–Crippen MR) is 112 cm³/mol. The number of hydrogen-bond acceptors (Lipinski definition) is 4.